The molecule has 1 unspecified atom stereocenters. The summed E-state index contributed by atoms with van der Waals surface area (Å²) in [5, 5.41) is 0.00470. The molecule has 4 N–H and O–H groups in total. The standard InChI is InChI=1S/C6H11N3O3S/c7-6(13)9-8-5(10)4-3-11-1-2-12-4/h4H,1-3H2,(H,8,10)(H3,7,9,13). The Hall–Kier alpha value is -0.920. The van der Waals surface area contributed by atoms with E-state index in [1.165, 1.54) is 0 Å². The molecule has 1 heterocycles. The minimum Gasteiger partial charge on any atom is -0.376 e. The summed E-state index contributed by atoms with van der Waals surface area (Å²) in [4.78, 5) is 11.2. The van der Waals surface area contributed by atoms with Gasteiger partial charge in [0.25, 0.3) is 5.91 Å². The van der Waals surface area contributed by atoms with E-state index in [9.17, 15) is 4.79 Å². The van der Waals surface area contributed by atoms with Crippen LogP contribution in [0.1, 0.15) is 0 Å². The molecule has 74 valence electrons. The fraction of sp³-hybridized carbons (Fsp3) is 0.667. The third-order valence-electron chi connectivity index (χ3n) is 1.42. The van der Waals surface area contributed by atoms with Crippen LogP contribution >= 0.6 is 12.2 Å². The number of nitrogens with two attached hydrogens (primary N) is 1. The second kappa shape index (κ2) is 4.95. The molecule has 6 nitrogen and oxygen atoms in total. The topological polar surface area (TPSA) is 85.6 Å². The molecule has 0 bridgehead atoms. The summed E-state index contributed by atoms with van der Waals surface area (Å²) in [5.74, 6) is -0.340. The Labute approximate surface area is 80.7 Å². The summed E-state index contributed by atoms with van der Waals surface area (Å²) in [7, 11) is 0. The molecular weight excluding hydrogens is 194 g/mol. The van der Waals surface area contributed by atoms with Crippen molar-refractivity contribution in [3.63, 3.8) is 0 Å². The molecule has 1 aliphatic heterocycles. The molecule has 0 aromatic heterocycles. The summed E-state index contributed by atoms with van der Waals surface area (Å²) >= 11 is 4.50. The van der Waals surface area contributed by atoms with Gasteiger partial charge in [0, 0.05) is 0 Å². The molecule has 1 saturated heterocycles. The first-order valence-corrected chi connectivity index (χ1v) is 4.15. The number of hydrogen-bond donors (Lipinski definition) is 3. The first-order valence-electron chi connectivity index (χ1n) is 3.75. The third-order valence-corrected chi connectivity index (χ3v) is 1.52. The zero-order valence-corrected chi connectivity index (χ0v) is 7.73. The zero-order chi connectivity index (χ0) is 9.68. The second-order valence-corrected chi connectivity index (χ2v) is 2.85. The minimum atomic E-state index is -0.587. The van der Waals surface area contributed by atoms with Crippen LogP contribution in [0.25, 0.3) is 0 Å². The maximum Gasteiger partial charge on any atom is 0.269 e. The van der Waals surface area contributed by atoms with E-state index in [1.807, 2.05) is 0 Å². The number of carbonyl (C=O) groups is 1. The molecule has 1 amide bonds. The number of ether oxygens (including phenoxy) is 2. The van der Waals surface area contributed by atoms with E-state index in [0.717, 1.165) is 0 Å². The average Bonchev–Trinajstić information content (AvgIpc) is 2.15. The lowest BCUT2D eigenvalue weighted by atomic mass is 10.3. The van der Waals surface area contributed by atoms with Gasteiger partial charge in [0.05, 0.1) is 19.8 Å². The average molecular weight is 205 g/mol. The Morgan fingerprint density at radius 1 is 1.46 bits per heavy atom. The first kappa shape index (κ1) is 10.2. The Balaban J connectivity index is 2.25. The number of amides is 1. The van der Waals surface area contributed by atoms with E-state index in [4.69, 9.17) is 15.2 Å². The Kier molecular flexibility index (Phi) is 3.87. The number of hydrazine groups is 1. The number of hydrogen-bond acceptors (Lipinski definition) is 4. The van der Waals surface area contributed by atoms with E-state index in [2.05, 4.69) is 23.1 Å². The molecule has 0 spiro atoms. The van der Waals surface area contributed by atoms with Crippen molar-refractivity contribution in [1.82, 2.24) is 10.9 Å². The Morgan fingerprint density at radius 2 is 2.23 bits per heavy atom. The van der Waals surface area contributed by atoms with Crippen molar-refractivity contribution in [2.24, 2.45) is 5.73 Å². The van der Waals surface area contributed by atoms with Crippen LogP contribution in [0, 0.1) is 0 Å². The number of thiocarbonyl (C=S) groups is 1. The van der Waals surface area contributed by atoms with Gasteiger partial charge in [-0.2, -0.15) is 0 Å². The molecule has 0 aromatic rings. The van der Waals surface area contributed by atoms with Crippen LogP contribution in [0.4, 0.5) is 0 Å². The molecule has 1 atom stereocenters. The third kappa shape index (κ3) is 3.53. The van der Waals surface area contributed by atoms with Gasteiger partial charge >= 0.3 is 0 Å². The van der Waals surface area contributed by atoms with Crippen molar-refractivity contribution in [3.05, 3.63) is 0 Å². The molecule has 0 saturated carbocycles. The summed E-state index contributed by atoms with van der Waals surface area (Å²) in [5.41, 5.74) is 9.71. The SMILES string of the molecule is NC(=S)NNC(=O)C1COCCO1. The molecule has 1 fully saturated rings. The molecule has 1 aliphatic rings. The van der Waals surface area contributed by atoms with Crippen molar-refractivity contribution in [1.29, 1.82) is 0 Å². The molecule has 0 radical (unpaired) electrons. The van der Waals surface area contributed by atoms with Gasteiger partial charge < -0.3 is 15.2 Å². The molecule has 1 rings (SSSR count). The van der Waals surface area contributed by atoms with Gasteiger partial charge in [-0.05, 0) is 12.2 Å². The molecule has 13 heavy (non-hydrogen) atoms. The lowest BCUT2D eigenvalue weighted by Crippen LogP contribution is -2.51. The normalized spacial score (nSPS) is 22.0. The van der Waals surface area contributed by atoms with Crippen LogP contribution in [-0.2, 0) is 14.3 Å². The molecular formula is C6H11N3O3S. The van der Waals surface area contributed by atoms with E-state index in [-0.39, 0.29) is 17.6 Å². The van der Waals surface area contributed by atoms with Crippen LogP contribution in [0.15, 0.2) is 0 Å². The van der Waals surface area contributed by atoms with Gasteiger partial charge in [0.15, 0.2) is 11.2 Å². The Morgan fingerprint density at radius 3 is 2.77 bits per heavy atom. The first-order chi connectivity index (χ1) is 6.20. The highest BCUT2D eigenvalue weighted by molar-refractivity contribution is 7.80. The lowest BCUT2D eigenvalue weighted by molar-refractivity contribution is -0.148. The van der Waals surface area contributed by atoms with Crippen LogP contribution in [0.5, 0.6) is 0 Å². The van der Waals surface area contributed by atoms with Crippen LogP contribution in [0.2, 0.25) is 0 Å². The predicted molar refractivity (Wildman–Crippen MR) is 48.6 cm³/mol. The highest BCUT2D eigenvalue weighted by Gasteiger charge is 2.22. The largest absolute Gasteiger partial charge is 0.376 e. The van der Waals surface area contributed by atoms with E-state index < -0.39 is 6.10 Å². The highest BCUT2D eigenvalue weighted by Crippen LogP contribution is 1.99. The quantitative estimate of drug-likeness (QED) is 0.348. The maximum absolute atomic E-state index is 11.2. The van der Waals surface area contributed by atoms with Gasteiger partial charge in [-0.3, -0.25) is 15.6 Å². The van der Waals surface area contributed by atoms with Crippen molar-refractivity contribution < 1.29 is 14.3 Å². The van der Waals surface area contributed by atoms with E-state index in [0.29, 0.717) is 13.2 Å². The summed E-state index contributed by atoms with van der Waals surface area (Å²) < 4.78 is 10.1. The van der Waals surface area contributed by atoms with Crippen LogP contribution in [-0.4, -0.2) is 36.9 Å². The van der Waals surface area contributed by atoms with Crippen LogP contribution in [0.3, 0.4) is 0 Å². The summed E-state index contributed by atoms with van der Waals surface area (Å²) in [6, 6.07) is 0. The molecule has 0 aromatic carbocycles. The number of rotatable bonds is 1. The van der Waals surface area contributed by atoms with Crippen LogP contribution < -0.4 is 16.6 Å². The minimum absolute atomic E-state index is 0.00470. The smallest absolute Gasteiger partial charge is 0.269 e. The van der Waals surface area contributed by atoms with Gasteiger partial charge in [0.2, 0.25) is 0 Å². The van der Waals surface area contributed by atoms with Crippen molar-refractivity contribution in [2.45, 2.75) is 6.10 Å². The highest BCUT2D eigenvalue weighted by atomic mass is 32.1. The maximum atomic E-state index is 11.2. The summed E-state index contributed by atoms with van der Waals surface area (Å²) in [6.45, 7) is 1.20. The lowest BCUT2D eigenvalue weighted by Gasteiger charge is -2.21. The number of nitrogens with one attached hydrogen (secondary N) is 2. The van der Waals surface area contributed by atoms with Crippen molar-refractivity contribution in [3.8, 4) is 0 Å². The second-order valence-electron chi connectivity index (χ2n) is 2.41. The van der Waals surface area contributed by atoms with Gasteiger partial charge in [-0.1, -0.05) is 0 Å². The van der Waals surface area contributed by atoms with Gasteiger partial charge in [0.1, 0.15) is 0 Å². The van der Waals surface area contributed by atoms with Crippen molar-refractivity contribution in [2.75, 3.05) is 19.8 Å². The van der Waals surface area contributed by atoms with Crippen molar-refractivity contribution >= 4 is 23.2 Å². The zero-order valence-electron chi connectivity index (χ0n) is 6.91. The predicted octanol–water partition coefficient (Wildman–Crippen LogP) is -1.73. The van der Waals surface area contributed by atoms with Gasteiger partial charge in [-0.25, -0.2) is 0 Å². The number of carbonyl (C=O) groups excluding carboxylic acids is 1. The fourth-order valence-corrected chi connectivity index (χ4v) is 0.894. The molecule has 0 aliphatic carbocycles. The monoisotopic (exact) mass is 205 g/mol. The van der Waals surface area contributed by atoms with E-state index in [1.54, 1.807) is 0 Å². The Bertz CT molecular complexity index is 205. The summed E-state index contributed by atoms with van der Waals surface area (Å²) in [6.07, 6.45) is -0.587. The van der Waals surface area contributed by atoms with Gasteiger partial charge in [-0.15, -0.1) is 0 Å². The fourth-order valence-electron chi connectivity index (χ4n) is 0.843. The molecule has 7 heteroatoms. The van der Waals surface area contributed by atoms with E-state index >= 15 is 0 Å².